The molecule has 6 rings (SSSR count). The maximum absolute atomic E-state index is 2.48. The van der Waals surface area contributed by atoms with E-state index in [9.17, 15) is 0 Å². The Morgan fingerprint density at radius 3 is 1.24 bits per heavy atom. The zero-order valence-electron chi connectivity index (χ0n) is 25.2. The number of hydrogen-bond acceptors (Lipinski definition) is 2. The fourth-order valence-corrected chi connectivity index (χ4v) is 8.35. The molecule has 9 unspecified atom stereocenters. The highest BCUT2D eigenvalue weighted by Crippen LogP contribution is 2.46. The smallest absolute Gasteiger partial charge is 0.00248 e. The Morgan fingerprint density at radius 1 is 0.486 bits per heavy atom. The van der Waals surface area contributed by atoms with E-state index in [2.05, 4.69) is 81.4 Å². The molecule has 2 nitrogen and oxygen atoms in total. The summed E-state index contributed by atoms with van der Waals surface area (Å²) >= 11 is 0. The Labute approximate surface area is 231 Å². The van der Waals surface area contributed by atoms with Gasteiger partial charge in [0.2, 0.25) is 0 Å². The van der Waals surface area contributed by atoms with Crippen LogP contribution in [0.25, 0.3) is 0 Å². The zero-order chi connectivity index (χ0) is 26.2. The third-order valence-corrected chi connectivity index (χ3v) is 10.6. The van der Waals surface area contributed by atoms with E-state index in [-0.39, 0.29) is 0 Å². The summed E-state index contributed by atoms with van der Waals surface area (Å²) in [5, 5.41) is 0. The van der Waals surface area contributed by atoms with Crippen LogP contribution in [0, 0.1) is 53.3 Å². The number of nitrogens with zero attached hydrogens (tertiary/aromatic N) is 2. The minimum absolute atomic E-state index is 0.957. The lowest BCUT2D eigenvalue weighted by Crippen LogP contribution is -2.13. The molecule has 0 aliphatic heterocycles. The van der Waals surface area contributed by atoms with Crippen molar-refractivity contribution in [2.24, 2.45) is 53.3 Å². The van der Waals surface area contributed by atoms with Crippen LogP contribution in [0.1, 0.15) is 90.4 Å². The summed E-state index contributed by atoms with van der Waals surface area (Å²) in [6.07, 6.45) is 33.5. The van der Waals surface area contributed by atoms with Crippen LogP contribution in [0.4, 0.5) is 0 Å². The maximum atomic E-state index is 2.48. The van der Waals surface area contributed by atoms with Gasteiger partial charge in [-0.15, -0.1) is 0 Å². The van der Waals surface area contributed by atoms with E-state index in [1.165, 1.54) is 96.6 Å². The van der Waals surface area contributed by atoms with Crippen molar-refractivity contribution in [1.82, 2.24) is 9.80 Å². The van der Waals surface area contributed by atoms with Crippen LogP contribution in [-0.2, 0) is 0 Å². The van der Waals surface area contributed by atoms with Gasteiger partial charge in [-0.3, -0.25) is 0 Å². The fourth-order valence-electron chi connectivity index (χ4n) is 8.35. The number of fused-ring (bicyclic) bond motifs is 6. The molecule has 6 bridgehead atoms. The number of hydrogen-bond donors (Lipinski definition) is 0. The molecule has 6 aliphatic carbocycles. The first-order chi connectivity index (χ1) is 17.9. The van der Waals surface area contributed by atoms with Crippen molar-refractivity contribution >= 4 is 0 Å². The monoisotopic (exact) mass is 508 g/mol. The SMILES string of the molecule is CC1CC2C=CC1C2.CN(C)CCCCC1CC2C=CC1C2.CN(C)CCCCCC1CC2C=CC1C2. The molecule has 37 heavy (non-hydrogen) atoms. The lowest BCUT2D eigenvalue weighted by molar-refractivity contribution is 0.357. The topological polar surface area (TPSA) is 6.48 Å². The molecule has 0 heterocycles. The lowest BCUT2D eigenvalue weighted by atomic mass is 9.89. The molecular formula is C35H60N2. The minimum Gasteiger partial charge on any atom is -0.309 e. The standard InChI is InChI=1S/C14H25N.C13H23N.C8H12/c1-15(2)9-5-3-4-6-13-10-12-7-8-14(13)11-12;1-14(2)8-4-3-5-12-9-11-6-7-13(12)10-11;1-6-4-7-2-3-8(6)5-7/h7-8,12-14H,3-6,9-11H2,1-2H3;6-7,11-13H,3-5,8-10H2,1-2H3;2-3,6-8H,4-5H2,1H3. The average molecular weight is 509 g/mol. The summed E-state index contributed by atoms with van der Waals surface area (Å²) in [5.74, 6) is 8.83. The Bertz CT molecular complexity index is 748. The van der Waals surface area contributed by atoms with E-state index in [1.807, 2.05) is 0 Å². The van der Waals surface area contributed by atoms with Gasteiger partial charge in [0.05, 0.1) is 0 Å². The van der Waals surface area contributed by atoms with Gasteiger partial charge in [0, 0.05) is 0 Å². The van der Waals surface area contributed by atoms with Crippen LogP contribution < -0.4 is 0 Å². The van der Waals surface area contributed by atoms with Crippen LogP contribution in [0.2, 0.25) is 0 Å². The third kappa shape index (κ3) is 9.10. The van der Waals surface area contributed by atoms with Crippen molar-refractivity contribution < 1.29 is 0 Å². The molecule has 9 atom stereocenters. The Hall–Kier alpha value is -0.860. The summed E-state index contributed by atoms with van der Waals surface area (Å²) in [6.45, 7) is 4.89. The van der Waals surface area contributed by atoms with Crippen molar-refractivity contribution in [3.8, 4) is 0 Å². The highest BCUT2D eigenvalue weighted by atomic mass is 15.0. The van der Waals surface area contributed by atoms with E-state index in [0.717, 1.165) is 53.3 Å². The van der Waals surface area contributed by atoms with Gasteiger partial charge < -0.3 is 9.80 Å². The molecule has 0 spiro atoms. The summed E-state index contributed by atoms with van der Waals surface area (Å²) in [7, 11) is 8.67. The highest BCUT2D eigenvalue weighted by molar-refractivity contribution is 5.11. The van der Waals surface area contributed by atoms with Gasteiger partial charge in [-0.2, -0.15) is 0 Å². The van der Waals surface area contributed by atoms with Crippen LogP contribution in [-0.4, -0.2) is 51.1 Å². The van der Waals surface area contributed by atoms with Gasteiger partial charge in [0.15, 0.2) is 0 Å². The molecule has 6 aliphatic rings. The average Bonchev–Trinajstić information content (AvgIpc) is 3.70. The van der Waals surface area contributed by atoms with Crippen molar-refractivity contribution in [2.45, 2.75) is 90.4 Å². The quantitative estimate of drug-likeness (QED) is 0.204. The molecule has 2 heteroatoms. The van der Waals surface area contributed by atoms with Gasteiger partial charge in [0.1, 0.15) is 0 Å². The van der Waals surface area contributed by atoms with Crippen molar-refractivity contribution in [1.29, 1.82) is 0 Å². The Kier molecular flexibility index (Phi) is 11.4. The summed E-state index contributed by atoms with van der Waals surface area (Å²) in [5.41, 5.74) is 0. The molecule has 3 fully saturated rings. The molecule has 0 saturated heterocycles. The number of allylic oxidation sites excluding steroid dienone is 6. The van der Waals surface area contributed by atoms with Crippen molar-refractivity contribution in [3.05, 3.63) is 36.5 Å². The second-order valence-corrected chi connectivity index (χ2v) is 14.3. The van der Waals surface area contributed by atoms with Gasteiger partial charge >= 0.3 is 0 Å². The summed E-state index contributed by atoms with van der Waals surface area (Å²) in [4.78, 5) is 4.58. The summed E-state index contributed by atoms with van der Waals surface area (Å²) < 4.78 is 0. The molecular weight excluding hydrogens is 448 g/mol. The van der Waals surface area contributed by atoms with Gasteiger partial charge in [0.25, 0.3) is 0 Å². The lowest BCUT2D eigenvalue weighted by Gasteiger charge is -2.18. The second kappa shape index (κ2) is 14.5. The fraction of sp³-hybridized carbons (Fsp3) is 0.829. The first-order valence-corrected chi connectivity index (χ1v) is 16.2. The molecule has 0 aromatic carbocycles. The Balaban J connectivity index is 0.000000135. The largest absolute Gasteiger partial charge is 0.309 e. The predicted molar refractivity (Wildman–Crippen MR) is 162 cm³/mol. The van der Waals surface area contributed by atoms with E-state index >= 15 is 0 Å². The van der Waals surface area contributed by atoms with Gasteiger partial charge in [-0.25, -0.2) is 0 Å². The zero-order valence-corrected chi connectivity index (χ0v) is 25.2. The van der Waals surface area contributed by atoms with Gasteiger partial charge in [-0.05, 0) is 159 Å². The number of rotatable bonds is 11. The third-order valence-electron chi connectivity index (χ3n) is 10.6. The van der Waals surface area contributed by atoms with Crippen molar-refractivity contribution in [2.75, 3.05) is 41.3 Å². The predicted octanol–water partition coefficient (Wildman–Crippen LogP) is 8.47. The first-order valence-electron chi connectivity index (χ1n) is 16.2. The second-order valence-electron chi connectivity index (χ2n) is 14.3. The molecule has 0 aromatic rings. The molecule has 0 N–H and O–H groups in total. The molecule has 0 amide bonds. The number of unbranched alkanes of at least 4 members (excludes halogenated alkanes) is 3. The van der Waals surface area contributed by atoms with E-state index < -0.39 is 0 Å². The summed E-state index contributed by atoms with van der Waals surface area (Å²) in [6, 6.07) is 0. The minimum atomic E-state index is 0.957. The van der Waals surface area contributed by atoms with Crippen LogP contribution >= 0.6 is 0 Å². The molecule has 0 radical (unpaired) electrons. The Morgan fingerprint density at radius 2 is 0.919 bits per heavy atom. The highest BCUT2D eigenvalue weighted by Gasteiger charge is 2.35. The molecule has 0 aromatic heterocycles. The van der Waals surface area contributed by atoms with Gasteiger partial charge in [-0.1, -0.05) is 62.6 Å². The van der Waals surface area contributed by atoms with E-state index in [4.69, 9.17) is 0 Å². The van der Waals surface area contributed by atoms with Crippen LogP contribution in [0.5, 0.6) is 0 Å². The van der Waals surface area contributed by atoms with Crippen molar-refractivity contribution in [3.63, 3.8) is 0 Å². The maximum Gasteiger partial charge on any atom is -0.00248 e. The first kappa shape index (κ1) is 29.1. The molecule has 210 valence electrons. The van der Waals surface area contributed by atoms with E-state index in [1.54, 1.807) is 0 Å². The molecule has 3 saturated carbocycles. The normalized spacial score (nSPS) is 37.5. The van der Waals surface area contributed by atoms with Crippen LogP contribution in [0.3, 0.4) is 0 Å². The van der Waals surface area contributed by atoms with Crippen LogP contribution in [0.15, 0.2) is 36.5 Å². The van der Waals surface area contributed by atoms with E-state index in [0.29, 0.717) is 0 Å².